The van der Waals surface area contributed by atoms with Crippen molar-refractivity contribution in [2.45, 2.75) is 66.1 Å². The van der Waals surface area contributed by atoms with Crippen molar-refractivity contribution < 1.29 is 14.9 Å². The van der Waals surface area contributed by atoms with Crippen LogP contribution in [0.3, 0.4) is 0 Å². The van der Waals surface area contributed by atoms with E-state index in [1.807, 2.05) is 31.2 Å². The van der Waals surface area contributed by atoms with E-state index < -0.39 is 0 Å². The summed E-state index contributed by atoms with van der Waals surface area (Å²) in [5, 5.41) is 19.1. The lowest BCUT2D eigenvalue weighted by Gasteiger charge is -2.47. The second-order valence-electron chi connectivity index (χ2n) is 9.47. The molecule has 1 heterocycles. The van der Waals surface area contributed by atoms with Gasteiger partial charge in [-0.1, -0.05) is 79.7 Å². The van der Waals surface area contributed by atoms with Crippen molar-refractivity contribution in [1.29, 1.82) is 0 Å². The maximum absolute atomic E-state index is 10.3. The Labute approximate surface area is 182 Å². The highest BCUT2D eigenvalue weighted by molar-refractivity contribution is 5.35. The molecule has 0 radical (unpaired) electrons. The van der Waals surface area contributed by atoms with Crippen molar-refractivity contribution in [3.63, 3.8) is 0 Å². The molecule has 1 aliphatic carbocycles. The molecule has 1 saturated carbocycles. The van der Waals surface area contributed by atoms with Gasteiger partial charge in [0.1, 0.15) is 11.4 Å². The molecule has 3 nitrogen and oxygen atoms in total. The summed E-state index contributed by atoms with van der Waals surface area (Å²) in [6, 6.07) is 0. The first-order chi connectivity index (χ1) is 14.1. The summed E-state index contributed by atoms with van der Waals surface area (Å²) in [7, 11) is 0. The fourth-order valence-electron chi connectivity index (χ4n) is 4.57. The molecule has 0 aromatic carbocycles. The minimum absolute atomic E-state index is 0.0244. The van der Waals surface area contributed by atoms with Gasteiger partial charge in [-0.2, -0.15) is 0 Å². The smallest absolute Gasteiger partial charge is 0.119 e. The van der Waals surface area contributed by atoms with E-state index in [1.165, 1.54) is 0 Å². The van der Waals surface area contributed by atoms with Crippen molar-refractivity contribution in [2.75, 3.05) is 6.61 Å². The van der Waals surface area contributed by atoms with E-state index in [1.54, 1.807) is 6.08 Å². The number of aliphatic hydroxyl groups excluding tert-OH is 2. The minimum Gasteiger partial charge on any atom is -0.487 e. The molecule has 0 saturated heterocycles. The molecule has 1 aliphatic heterocycles. The third-order valence-corrected chi connectivity index (χ3v) is 5.97. The average Bonchev–Trinajstić information content (AvgIpc) is 3.01. The van der Waals surface area contributed by atoms with Gasteiger partial charge in [-0.05, 0) is 51.2 Å². The highest BCUT2D eigenvalue weighted by Crippen LogP contribution is 2.53. The molecule has 1 fully saturated rings. The first-order valence-electron chi connectivity index (χ1n) is 10.8. The Morgan fingerprint density at radius 1 is 1.00 bits per heavy atom. The third kappa shape index (κ3) is 6.45. The molecule has 0 amide bonds. The Balaban J connectivity index is 2.01. The van der Waals surface area contributed by atoms with Crippen LogP contribution < -0.4 is 0 Å². The molecule has 0 aromatic rings. The predicted octanol–water partition coefficient (Wildman–Crippen LogP) is 5.96. The number of hydrogen-bond acceptors (Lipinski definition) is 3. The number of aliphatic hydroxyl groups is 2. The van der Waals surface area contributed by atoms with E-state index in [0.717, 1.165) is 28.9 Å². The van der Waals surface area contributed by atoms with E-state index >= 15 is 0 Å². The average molecular weight is 411 g/mol. The van der Waals surface area contributed by atoms with Crippen LogP contribution >= 0.6 is 0 Å². The number of hydrogen-bond donors (Lipinski definition) is 2. The van der Waals surface area contributed by atoms with Gasteiger partial charge in [0.15, 0.2) is 0 Å². The highest BCUT2D eigenvalue weighted by atomic mass is 16.5. The van der Waals surface area contributed by atoms with Gasteiger partial charge in [0.2, 0.25) is 0 Å². The Morgan fingerprint density at radius 3 is 2.27 bits per heavy atom. The number of ether oxygens (including phenoxy) is 1. The van der Waals surface area contributed by atoms with E-state index in [2.05, 4.69) is 65.0 Å². The van der Waals surface area contributed by atoms with Crippen LogP contribution in [0, 0.1) is 11.3 Å². The monoisotopic (exact) mass is 410 g/mol. The maximum Gasteiger partial charge on any atom is 0.119 e. The molecule has 3 heteroatoms. The standard InChI is InChI=1S/C27H38O3/c1-20(11-7-8-12-21(2)14-10-16-28)13-9-15-22(3)24-17-25-26(4,5)18-23(29)19-27(25,6)30-24/h7-15,17,23,25,28-29H,16,18-19H2,1-6H3/b8-7+,13-9+,14-10+,20-11+,21-12+,22-15+/t23-,25?,27+/m0/s1. The van der Waals surface area contributed by atoms with Gasteiger partial charge in [-0.3, -0.25) is 0 Å². The van der Waals surface area contributed by atoms with Crippen LogP contribution in [-0.4, -0.2) is 28.5 Å². The lowest BCUT2D eigenvalue weighted by Crippen LogP contribution is -2.49. The van der Waals surface area contributed by atoms with Gasteiger partial charge >= 0.3 is 0 Å². The van der Waals surface area contributed by atoms with Gasteiger partial charge in [-0.25, -0.2) is 0 Å². The molecular weight excluding hydrogens is 372 g/mol. The van der Waals surface area contributed by atoms with E-state index in [9.17, 15) is 5.11 Å². The third-order valence-electron chi connectivity index (χ3n) is 5.97. The quantitative estimate of drug-likeness (QED) is 0.509. The lowest BCUT2D eigenvalue weighted by molar-refractivity contribution is -0.104. The highest BCUT2D eigenvalue weighted by Gasteiger charge is 2.53. The second kappa shape index (κ2) is 10.3. The molecule has 1 unspecified atom stereocenters. The summed E-state index contributed by atoms with van der Waals surface area (Å²) < 4.78 is 6.35. The van der Waals surface area contributed by atoms with Crippen LogP contribution in [0.4, 0.5) is 0 Å². The normalized spacial score (nSPS) is 30.3. The summed E-state index contributed by atoms with van der Waals surface area (Å²) in [6.45, 7) is 12.8. The van der Waals surface area contributed by atoms with Crippen LogP contribution in [0.25, 0.3) is 0 Å². The first-order valence-corrected chi connectivity index (χ1v) is 10.8. The zero-order chi connectivity index (χ0) is 22.4. The maximum atomic E-state index is 10.3. The van der Waals surface area contributed by atoms with Crippen molar-refractivity contribution >= 4 is 0 Å². The van der Waals surface area contributed by atoms with Crippen LogP contribution in [0.5, 0.6) is 0 Å². The largest absolute Gasteiger partial charge is 0.487 e. The molecule has 0 bridgehead atoms. The van der Waals surface area contributed by atoms with Crippen molar-refractivity contribution in [1.82, 2.24) is 0 Å². The van der Waals surface area contributed by atoms with E-state index in [-0.39, 0.29) is 23.7 Å². The molecule has 0 spiro atoms. The summed E-state index contributed by atoms with van der Waals surface area (Å²) in [6.07, 6.45) is 21.3. The van der Waals surface area contributed by atoms with Crippen LogP contribution in [-0.2, 0) is 4.74 Å². The Kier molecular flexibility index (Phi) is 8.28. The Hall–Kier alpha value is -2.10. The molecule has 3 atom stereocenters. The summed E-state index contributed by atoms with van der Waals surface area (Å²) in [5.74, 6) is 1.25. The number of rotatable bonds is 7. The molecule has 2 N–H and O–H groups in total. The number of allylic oxidation sites excluding steroid dienone is 11. The van der Waals surface area contributed by atoms with Gasteiger partial charge in [0, 0.05) is 12.3 Å². The van der Waals surface area contributed by atoms with E-state index in [4.69, 9.17) is 9.84 Å². The van der Waals surface area contributed by atoms with Crippen molar-refractivity contribution in [2.24, 2.45) is 11.3 Å². The Bertz CT molecular complexity index is 817. The zero-order valence-corrected chi connectivity index (χ0v) is 19.4. The Morgan fingerprint density at radius 2 is 1.63 bits per heavy atom. The van der Waals surface area contributed by atoms with Crippen LogP contribution in [0.2, 0.25) is 0 Å². The topological polar surface area (TPSA) is 49.7 Å². The van der Waals surface area contributed by atoms with Crippen molar-refractivity contribution in [3.05, 3.63) is 83.2 Å². The molecule has 164 valence electrons. The SMILES string of the molecule is CC(/C=C/C=C(\C)C1=CC2C(C)(C)C[C@H](O)C[C@@]2(C)O1)=C\C=C\C=C(C)\C=C\CO. The molecule has 2 aliphatic rings. The van der Waals surface area contributed by atoms with Gasteiger partial charge in [-0.15, -0.1) is 0 Å². The lowest BCUT2D eigenvalue weighted by atomic mass is 9.61. The van der Waals surface area contributed by atoms with Crippen LogP contribution in [0.15, 0.2) is 83.2 Å². The van der Waals surface area contributed by atoms with Gasteiger partial charge in [0.25, 0.3) is 0 Å². The minimum atomic E-state index is -0.325. The summed E-state index contributed by atoms with van der Waals surface area (Å²) in [5.41, 5.74) is 3.04. The summed E-state index contributed by atoms with van der Waals surface area (Å²) in [4.78, 5) is 0. The molecular formula is C27H38O3. The number of fused-ring (bicyclic) bond motifs is 1. The zero-order valence-electron chi connectivity index (χ0n) is 19.4. The fourth-order valence-corrected chi connectivity index (χ4v) is 4.57. The van der Waals surface area contributed by atoms with Crippen LogP contribution in [0.1, 0.15) is 54.4 Å². The van der Waals surface area contributed by atoms with E-state index in [0.29, 0.717) is 12.3 Å². The first kappa shape index (κ1) is 24.2. The van der Waals surface area contributed by atoms with Gasteiger partial charge in [0.05, 0.1) is 12.7 Å². The van der Waals surface area contributed by atoms with Gasteiger partial charge < -0.3 is 14.9 Å². The second-order valence-corrected chi connectivity index (χ2v) is 9.47. The molecule has 30 heavy (non-hydrogen) atoms. The van der Waals surface area contributed by atoms with Crippen molar-refractivity contribution in [3.8, 4) is 0 Å². The molecule has 0 aromatic heterocycles. The fraction of sp³-hybridized carbons (Fsp3) is 0.481. The predicted molar refractivity (Wildman–Crippen MR) is 126 cm³/mol. The summed E-state index contributed by atoms with van der Waals surface area (Å²) >= 11 is 0. The molecule has 2 rings (SSSR count).